The Labute approximate surface area is 241 Å². The van der Waals surface area contributed by atoms with Crippen LogP contribution in [0.1, 0.15) is 48.2 Å². The van der Waals surface area contributed by atoms with E-state index in [2.05, 4.69) is 22.8 Å². The van der Waals surface area contributed by atoms with E-state index in [1.165, 1.54) is 0 Å². The van der Waals surface area contributed by atoms with E-state index in [0.717, 1.165) is 33.8 Å². The zero-order chi connectivity index (χ0) is 28.3. The molecule has 2 heterocycles. The van der Waals surface area contributed by atoms with Crippen LogP contribution in [0, 0.1) is 0 Å². The van der Waals surface area contributed by atoms with Crippen LogP contribution in [0.15, 0.2) is 134 Å². The van der Waals surface area contributed by atoms with E-state index in [9.17, 15) is 9.59 Å². The van der Waals surface area contributed by atoms with Gasteiger partial charge in [0.2, 0.25) is 11.8 Å². The molecule has 1 aliphatic heterocycles. The Morgan fingerprint density at radius 1 is 0.683 bits per heavy atom. The van der Waals surface area contributed by atoms with Crippen molar-refractivity contribution in [2.24, 2.45) is 0 Å². The normalized spacial score (nSPS) is 14.0. The first kappa shape index (κ1) is 26.3. The molecule has 0 fully saturated rings. The first-order valence-corrected chi connectivity index (χ1v) is 14.1. The molecule has 0 saturated carbocycles. The number of benzene rings is 4. The molecule has 6 rings (SSSR count). The number of carbonyl (C=O) groups excluding carboxylic acids is 2. The summed E-state index contributed by atoms with van der Waals surface area (Å²) in [6, 6.07) is 41.3. The predicted octanol–water partition coefficient (Wildman–Crippen LogP) is 6.98. The van der Waals surface area contributed by atoms with E-state index >= 15 is 0 Å². The molecule has 2 amide bonds. The van der Waals surface area contributed by atoms with Crippen molar-refractivity contribution in [3.8, 4) is 5.69 Å². The summed E-state index contributed by atoms with van der Waals surface area (Å²) in [5, 5.41) is 0. The highest BCUT2D eigenvalue weighted by Gasteiger charge is 2.38. The summed E-state index contributed by atoms with van der Waals surface area (Å²) >= 11 is 0. The standard InChI is InChI=1S/C36H33N3O2/c1-26(2)38(36(41)34(27-15-6-3-7-16-27)28-17-8-4-9-18-28)25-33(40)39-31-22-13-12-21-30(31)37-24-14-23-32(37)35(39)29-19-10-5-11-20-29/h3-24,26,34-35H,25H2,1-2H3. The van der Waals surface area contributed by atoms with E-state index in [1.807, 2.05) is 134 Å². The van der Waals surface area contributed by atoms with E-state index in [4.69, 9.17) is 0 Å². The molecule has 0 spiro atoms. The molecule has 1 aliphatic rings. The Bertz CT molecular complexity index is 1600. The van der Waals surface area contributed by atoms with Crippen LogP contribution in [-0.4, -0.2) is 33.9 Å². The van der Waals surface area contributed by atoms with Crippen LogP contribution in [0.5, 0.6) is 0 Å². The lowest BCUT2D eigenvalue weighted by Crippen LogP contribution is -2.49. The number of nitrogens with zero attached hydrogens (tertiary/aromatic N) is 3. The van der Waals surface area contributed by atoms with Crippen molar-refractivity contribution in [2.45, 2.75) is 31.8 Å². The molecule has 1 atom stereocenters. The zero-order valence-corrected chi connectivity index (χ0v) is 23.3. The van der Waals surface area contributed by atoms with Crippen molar-refractivity contribution < 1.29 is 9.59 Å². The second kappa shape index (κ2) is 11.3. The molecule has 0 N–H and O–H groups in total. The van der Waals surface area contributed by atoms with Gasteiger partial charge in [-0.25, -0.2) is 0 Å². The number of anilines is 1. The van der Waals surface area contributed by atoms with Crippen molar-refractivity contribution in [3.05, 3.63) is 156 Å². The lowest BCUT2D eigenvalue weighted by Gasteiger charge is -2.40. The summed E-state index contributed by atoms with van der Waals surface area (Å²) in [6.45, 7) is 3.91. The Balaban J connectivity index is 1.40. The van der Waals surface area contributed by atoms with Crippen LogP contribution < -0.4 is 4.90 Å². The highest BCUT2D eigenvalue weighted by atomic mass is 16.2. The molecule has 41 heavy (non-hydrogen) atoms. The zero-order valence-electron chi connectivity index (χ0n) is 23.3. The number of amides is 2. The van der Waals surface area contributed by atoms with E-state index in [1.54, 1.807) is 4.90 Å². The number of hydrogen-bond acceptors (Lipinski definition) is 2. The van der Waals surface area contributed by atoms with Gasteiger partial charge in [-0.15, -0.1) is 0 Å². The van der Waals surface area contributed by atoms with Gasteiger partial charge in [-0.05, 0) is 54.8 Å². The lowest BCUT2D eigenvalue weighted by atomic mass is 9.89. The molecule has 1 aromatic heterocycles. The van der Waals surface area contributed by atoms with Gasteiger partial charge in [0, 0.05) is 12.2 Å². The largest absolute Gasteiger partial charge is 0.330 e. The minimum atomic E-state index is -0.511. The Morgan fingerprint density at radius 3 is 1.80 bits per heavy atom. The number of fused-ring (bicyclic) bond motifs is 3. The van der Waals surface area contributed by atoms with Gasteiger partial charge in [-0.2, -0.15) is 0 Å². The number of rotatable bonds is 7. The third-order valence-corrected chi connectivity index (χ3v) is 7.83. The quantitative estimate of drug-likeness (QED) is 0.224. The fourth-order valence-electron chi connectivity index (χ4n) is 5.88. The van der Waals surface area contributed by atoms with Gasteiger partial charge < -0.3 is 9.47 Å². The van der Waals surface area contributed by atoms with Crippen LogP contribution in [0.4, 0.5) is 5.69 Å². The number of carbonyl (C=O) groups is 2. The number of hydrogen-bond donors (Lipinski definition) is 0. The molecular formula is C36H33N3O2. The maximum absolute atomic E-state index is 14.5. The summed E-state index contributed by atoms with van der Waals surface area (Å²) < 4.78 is 2.16. The van der Waals surface area contributed by atoms with Crippen LogP contribution in [0.25, 0.3) is 5.69 Å². The van der Waals surface area contributed by atoms with Gasteiger partial charge in [0.1, 0.15) is 12.6 Å². The van der Waals surface area contributed by atoms with Gasteiger partial charge in [0.05, 0.1) is 23.0 Å². The van der Waals surface area contributed by atoms with Gasteiger partial charge in [0.25, 0.3) is 0 Å². The molecule has 1 unspecified atom stereocenters. The SMILES string of the molecule is CC(C)N(CC(=O)N1c2ccccc2-n2cccc2C1c1ccccc1)C(=O)C(c1ccccc1)c1ccccc1. The Hall–Kier alpha value is -4.90. The van der Waals surface area contributed by atoms with Gasteiger partial charge in [0.15, 0.2) is 0 Å². The molecule has 5 heteroatoms. The molecule has 0 radical (unpaired) electrons. The van der Waals surface area contributed by atoms with Gasteiger partial charge >= 0.3 is 0 Å². The first-order valence-electron chi connectivity index (χ1n) is 14.1. The fraction of sp³-hybridized carbons (Fsp3) is 0.167. The average molecular weight is 540 g/mol. The molecule has 204 valence electrons. The van der Waals surface area contributed by atoms with Gasteiger partial charge in [-0.3, -0.25) is 14.5 Å². The molecule has 5 aromatic rings. The van der Waals surface area contributed by atoms with Crippen LogP contribution in [0.2, 0.25) is 0 Å². The van der Waals surface area contributed by atoms with Crippen molar-refractivity contribution in [2.75, 3.05) is 11.4 Å². The van der Waals surface area contributed by atoms with Crippen LogP contribution >= 0.6 is 0 Å². The van der Waals surface area contributed by atoms with Crippen molar-refractivity contribution in [3.63, 3.8) is 0 Å². The minimum absolute atomic E-state index is 0.0367. The fourth-order valence-corrected chi connectivity index (χ4v) is 5.88. The summed E-state index contributed by atoms with van der Waals surface area (Å²) in [6.07, 6.45) is 2.04. The molecule has 0 bridgehead atoms. The summed E-state index contributed by atoms with van der Waals surface area (Å²) in [5.41, 5.74) is 5.62. The van der Waals surface area contributed by atoms with E-state index in [0.29, 0.717) is 0 Å². The monoisotopic (exact) mass is 539 g/mol. The predicted molar refractivity (Wildman–Crippen MR) is 163 cm³/mol. The summed E-state index contributed by atoms with van der Waals surface area (Å²) in [4.78, 5) is 32.5. The lowest BCUT2D eigenvalue weighted by molar-refractivity contribution is -0.137. The first-order chi connectivity index (χ1) is 20.0. The summed E-state index contributed by atoms with van der Waals surface area (Å²) in [5.74, 6) is -0.722. The highest BCUT2D eigenvalue weighted by Crippen LogP contribution is 2.42. The van der Waals surface area contributed by atoms with Crippen molar-refractivity contribution >= 4 is 17.5 Å². The number of para-hydroxylation sites is 2. The summed E-state index contributed by atoms with van der Waals surface area (Å²) in [7, 11) is 0. The number of aromatic nitrogens is 1. The second-order valence-electron chi connectivity index (χ2n) is 10.7. The topological polar surface area (TPSA) is 45.6 Å². The Morgan fingerprint density at radius 2 is 1.22 bits per heavy atom. The third-order valence-electron chi connectivity index (χ3n) is 7.83. The van der Waals surface area contributed by atoms with Crippen molar-refractivity contribution in [1.82, 2.24) is 9.47 Å². The van der Waals surface area contributed by atoms with Gasteiger partial charge in [-0.1, -0.05) is 103 Å². The maximum atomic E-state index is 14.5. The van der Waals surface area contributed by atoms with Crippen LogP contribution in [-0.2, 0) is 9.59 Å². The molecule has 0 aliphatic carbocycles. The third kappa shape index (κ3) is 4.95. The van der Waals surface area contributed by atoms with E-state index in [-0.39, 0.29) is 30.4 Å². The molecule has 0 saturated heterocycles. The molecule has 4 aromatic carbocycles. The smallest absolute Gasteiger partial charge is 0.247 e. The minimum Gasteiger partial charge on any atom is -0.330 e. The average Bonchev–Trinajstić information content (AvgIpc) is 3.51. The molecule has 5 nitrogen and oxygen atoms in total. The van der Waals surface area contributed by atoms with E-state index < -0.39 is 5.92 Å². The maximum Gasteiger partial charge on any atom is 0.247 e. The van der Waals surface area contributed by atoms with Crippen molar-refractivity contribution in [1.29, 1.82) is 0 Å². The Kier molecular flexibility index (Phi) is 7.26. The van der Waals surface area contributed by atoms with Crippen LogP contribution in [0.3, 0.4) is 0 Å². The molecular weight excluding hydrogens is 506 g/mol. The highest BCUT2D eigenvalue weighted by molar-refractivity contribution is 6.01. The second-order valence-corrected chi connectivity index (χ2v) is 10.7.